The number of urea groups is 1. The largest absolute Gasteiger partial charge is 0.495 e. The maximum absolute atomic E-state index is 12.9. The van der Waals surface area contributed by atoms with Crippen LogP contribution in [0, 0.1) is 0 Å². The van der Waals surface area contributed by atoms with E-state index in [-0.39, 0.29) is 6.03 Å². The van der Waals surface area contributed by atoms with Crippen molar-refractivity contribution in [2.24, 2.45) is 0 Å². The van der Waals surface area contributed by atoms with E-state index >= 15 is 0 Å². The molecule has 2 heterocycles. The van der Waals surface area contributed by atoms with Gasteiger partial charge in [-0.2, -0.15) is 0 Å². The van der Waals surface area contributed by atoms with Gasteiger partial charge in [0.25, 0.3) is 0 Å². The summed E-state index contributed by atoms with van der Waals surface area (Å²) >= 11 is 0. The van der Waals surface area contributed by atoms with Gasteiger partial charge in [-0.05, 0) is 49.4 Å². The van der Waals surface area contributed by atoms with Crippen LogP contribution in [-0.4, -0.2) is 56.3 Å². The van der Waals surface area contributed by atoms with Gasteiger partial charge in [0, 0.05) is 31.9 Å². The molecule has 1 saturated heterocycles. The molecule has 7 heteroatoms. The first-order valence-corrected chi connectivity index (χ1v) is 10.2. The molecule has 2 aromatic rings. The summed E-state index contributed by atoms with van der Waals surface area (Å²) in [7, 11) is 3.28. The second-order valence-corrected chi connectivity index (χ2v) is 7.43. The Kier molecular flexibility index (Phi) is 5.74. The molecule has 1 fully saturated rings. The zero-order chi connectivity index (χ0) is 20.2. The average molecular weight is 396 g/mol. The fourth-order valence-corrected chi connectivity index (χ4v) is 4.10. The van der Waals surface area contributed by atoms with Crippen LogP contribution < -0.4 is 19.7 Å². The van der Waals surface area contributed by atoms with E-state index in [9.17, 15) is 4.79 Å². The van der Waals surface area contributed by atoms with Gasteiger partial charge in [-0.3, -0.25) is 0 Å². The van der Waals surface area contributed by atoms with E-state index in [1.807, 2.05) is 29.2 Å². The summed E-state index contributed by atoms with van der Waals surface area (Å²) in [6, 6.07) is 9.91. The first-order valence-electron chi connectivity index (χ1n) is 10.2. The Morgan fingerprint density at radius 3 is 2.55 bits per heavy atom. The fourth-order valence-electron chi connectivity index (χ4n) is 4.10. The van der Waals surface area contributed by atoms with Crippen LogP contribution in [0.2, 0.25) is 0 Å². The zero-order valence-corrected chi connectivity index (χ0v) is 17.1. The quantitative estimate of drug-likeness (QED) is 0.859. The summed E-state index contributed by atoms with van der Waals surface area (Å²) in [5.41, 5.74) is 4.03. The normalized spacial score (nSPS) is 16.2. The number of piperazine rings is 1. The number of amides is 2. The lowest BCUT2D eigenvalue weighted by Crippen LogP contribution is -2.50. The Labute approximate surface area is 171 Å². The molecule has 0 unspecified atom stereocenters. The maximum atomic E-state index is 12.9. The van der Waals surface area contributed by atoms with Crippen LogP contribution in [0.25, 0.3) is 0 Å². The summed E-state index contributed by atoms with van der Waals surface area (Å²) in [4.78, 5) is 21.6. The predicted molar refractivity (Wildman–Crippen MR) is 113 cm³/mol. The number of aryl methyl sites for hydroxylation is 2. The second kappa shape index (κ2) is 8.59. The van der Waals surface area contributed by atoms with Gasteiger partial charge in [-0.25, -0.2) is 9.78 Å². The first kappa shape index (κ1) is 19.4. The van der Waals surface area contributed by atoms with Gasteiger partial charge in [0.05, 0.1) is 19.9 Å². The van der Waals surface area contributed by atoms with Gasteiger partial charge >= 0.3 is 6.03 Å². The van der Waals surface area contributed by atoms with Crippen molar-refractivity contribution in [2.45, 2.75) is 25.7 Å². The number of benzene rings is 1. The second-order valence-electron chi connectivity index (χ2n) is 7.43. The number of anilines is 2. The third kappa shape index (κ3) is 4.09. The lowest BCUT2D eigenvalue weighted by molar-refractivity contribution is 0.208. The summed E-state index contributed by atoms with van der Waals surface area (Å²) in [5.74, 6) is 1.35. The van der Waals surface area contributed by atoms with E-state index < -0.39 is 0 Å². The number of nitrogens with zero attached hydrogens (tertiary/aromatic N) is 3. The van der Waals surface area contributed by atoms with Crippen molar-refractivity contribution in [1.29, 1.82) is 0 Å². The Morgan fingerprint density at radius 2 is 1.79 bits per heavy atom. The molecule has 4 rings (SSSR count). The topological polar surface area (TPSA) is 66.9 Å². The van der Waals surface area contributed by atoms with Crippen LogP contribution in [0.3, 0.4) is 0 Å². The highest BCUT2D eigenvalue weighted by Gasteiger charge is 2.24. The molecule has 0 atom stereocenters. The summed E-state index contributed by atoms with van der Waals surface area (Å²) in [5, 5.41) is 3.01. The highest BCUT2D eigenvalue weighted by atomic mass is 16.5. The third-order valence-electron chi connectivity index (χ3n) is 5.69. The molecule has 2 aliphatic rings. The molecule has 1 aromatic carbocycles. The molecule has 154 valence electrons. The molecule has 0 bridgehead atoms. The van der Waals surface area contributed by atoms with E-state index in [0.717, 1.165) is 49.5 Å². The number of para-hydroxylation sites is 2. The minimum atomic E-state index is -0.111. The minimum Gasteiger partial charge on any atom is -0.495 e. The highest BCUT2D eigenvalue weighted by Crippen LogP contribution is 2.31. The number of fused-ring (bicyclic) bond motifs is 1. The number of carbonyl (C=O) groups excluding carboxylic acids is 1. The number of pyridine rings is 1. The van der Waals surface area contributed by atoms with Crippen molar-refractivity contribution in [3.63, 3.8) is 0 Å². The SMILES string of the molecule is COc1ccccc1N1CCN(C(=O)Nc2cc3c(nc2OC)CCCC3)CC1. The highest BCUT2D eigenvalue weighted by molar-refractivity contribution is 5.91. The molecule has 1 aliphatic heterocycles. The molecule has 29 heavy (non-hydrogen) atoms. The van der Waals surface area contributed by atoms with Crippen molar-refractivity contribution in [3.05, 3.63) is 41.6 Å². The Bertz CT molecular complexity index is 878. The number of nitrogens with one attached hydrogen (secondary N) is 1. The summed E-state index contributed by atoms with van der Waals surface area (Å²) < 4.78 is 10.9. The fraction of sp³-hybridized carbons (Fsp3) is 0.455. The van der Waals surface area contributed by atoms with E-state index in [4.69, 9.17) is 9.47 Å². The number of hydrogen-bond acceptors (Lipinski definition) is 5. The number of aromatic nitrogens is 1. The van der Waals surface area contributed by atoms with Crippen molar-refractivity contribution >= 4 is 17.4 Å². The molecule has 7 nitrogen and oxygen atoms in total. The van der Waals surface area contributed by atoms with Crippen LogP contribution >= 0.6 is 0 Å². The minimum absolute atomic E-state index is 0.111. The van der Waals surface area contributed by atoms with E-state index in [1.165, 1.54) is 12.0 Å². The lowest BCUT2D eigenvalue weighted by Gasteiger charge is -2.36. The van der Waals surface area contributed by atoms with Gasteiger partial charge in [0.15, 0.2) is 0 Å². The molecule has 1 aromatic heterocycles. The van der Waals surface area contributed by atoms with Crippen molar-refractivity contribution in [1.82, 2.24) is 9.88 Å². The standard InChI is InChI=1S/C22H28N4O3/c1-28-20-10-6-5-9-19(20)25-11-13-26(14-12-25)22(27)24-18-15-16-7-3-4-8-17(16)23-21(18)29-2/h5-6,9-10,15H,3-4,7-8,11-14H2,1-2H3,(H,24,27). The lowest BCUT2D eigenvalue weighted by atomic mass is 9.96. The Balaban J connectivity index is 1.41. The molecule has 2 amide bonds. The zero-order valence-electron chi connectivity index (χ0n) is 17.1. The monoisotopic (exact) mass is 396 g/mol. The number of hydrogen-bond donors (Lipinski definition) is 1. The van der Waals surface area contributed by atoms with Crippen molar-refractivity contribution in [3.8, 4) is 11.6 Å². The smallest absolute Gasteiger partial charge is 0.322 e. The summed E-state index contributed by atoms with van der Waals surface area (Å²) in [6.07, 6.45) is 4.31. The van der Waals surface area contributed by atoms with Gasteiger partial charge in [0.2, 0.25) is 5.88 Å². The van der Waals surface area contributed by atoms with Crippen LogP contribution in [0.15, 0.2) is 30.3 Å². The average Bonchev–Trinajstić information content (AvgIpc) is 2.78. The van der Waals surface area contributed by atoms with Gasteiger partial charge in [0.1, 0.15) is 11.4 Å². The van der Waals surface area contributed by atoms with E-state index in [1.54, 1.807) is 14.2 Å². The number of methoxy groups -OCH3 is 2. The van der Waals surface area contributed by atoms with E-state index in [0.29, 0.717) is 24.7 Å². The predicted octanol–water partition coefficient (Wildman–Crippen LogP) is 3.33. The number of carbonyl (C=O) groups is 1. The Morgan fingerprint density at radius 1 is 1.03 bits per heavy atom. The molecule has 1 N–H and O–H groups in total. The number of rotatable bonds is 4. The van der Waals surface area contributed by atoms with Crippen molar-refractivity contribution in [2.75, 3.05) is 50.6 Å². The molecule has 1 aliphatic carbocycles. The third-order valence-corrected chi connectivity index (χ3v) is 5.69. The van der Waals surface area contributed by atoms with Crippen LogP contribution in [0.4, 0.5) is 16.2 Å². The van der Waals surface area contributed by atoms with Gasteiger partial charge < -0.3 is 24.6 Å². The van der Waals surface area contributed by atoms with Crippen LogP contribution in [0.5, 0.6) is 11.6 Å². The van der Waals surface area contributed by atoms with Crippen molar-refractivity contribution < 1.29 is 14.3 Å². The van der Waals surface area contributed by atoms with Gasteiger partial charge in [-0.1, -0.05) is 12.1 Å². The van der Waals surface area contributed by atoms with Crippen LogP contribution in [0.1, 0.15) is 24.1 Å². The van der Waals surface area contributed by atoms with Gasteiger partial charge in [-0.15, -0.1) is 0 Å². The molecular formula is C22H28N4O3. The molecule has 0 spiro atoms. The molecular weight excluding hydrogens is 368 g/mol. The first-order chi connectivity index (χ1) is 14.2. The van der Waals surface area contributed by atoms with E-state index in [2.05, 4.69) is 21.3 Å². The molecule has 0 radical (unpaired) electrons. The molecule has 0 saturated carbocycles. The summed E-state index contributed by atoms with van der Waals surface area (Å²) in [6.45, 7) is 2.80. The Hall–Kier alpha value is -2.96. The van der Waals surface area contributed by atoms with Crippen LogP contribution in [-0.2, 0) is 12.8 Å². The maximum Gasteiger partial charge on any atom is 0.322 e. The number of ether oxygens (including phenoxy) is 2.